The Hall–Kier alpha value is -0.130. The number of unbranched alkanes of at least 4 members (excludes halogenated alkanes) is 1. The van der Waals surface area contributed by atoms with Gasteiger partial charge in [-0.15, -0.1) is 12.3 Å². The van der Waals surface area contributed by atoms with Gasteiger partial charge in [0.1, 0.15) is 0 Å². The summed E-state index contributed by atoms with van der Waals surface area (Å²) in [5, 5.41) is 0. The highest BCUT2D eigenvalue weighted by Gasteiger charge is 1.93. The molecule has 0 amide bonds. The van der Waals surface area contributed by atoms with E-state index in [0.717, 1.165) is 19.3 Å². The lowest BCUT2D eigenvalue weighted by molar-refractivity contribution is 0.721. The molecular weight excluding hydrogens is 154 g/mol. The zero-order chi connectivity index (χ0) is 8.53. The summed E-state index contributed by atoms with van der Waals surface area (Å²) in [5.74, 6) is 4.98. The number of terminal acetylenes is 1. The molecule has 0 rings (SSSR count). The number of hydrogen-bond acceptors (Lipinski definition) is 2. The van der Waals surface area contributed by atoms with Crippen LogP contribution in [0.3, 0.4) is 0 Å². The van der Waals surface area contributed by atoms with E-state index in [1.165, 1.54) is 11.5 Å². The fourth-order valence-corrected chi connectivity index (χ4v) is 1.74. The van der Waals surface area contributed by atoms with Crippen LogP contribution in [0.25, 0.3) is 0 Å². The first-order valence-electron chi connectivity index (χ1n) is 4.04. The van der Waals surface area contributed by atoms with Gasteiger partial charge in [0.25, 0.3) is 0 Å². The van der Waals surface area contributed by atoms with E-state index in [2.05, 4.69) is 5.92 Å². The summed E-state index contributed by atoms with van der Waals surface area (Å²) in [4.78, 5) is 0. The third-order valence-corrected chi connectivity index (χ3v) is 2.43. The van der Waals surface area contributed by atoms with Crippen LogP contribution in [0.15, 0.2) is 0 Å². The summed E-state index contributed by atoms with van der Waals surface area (Å²) in [6.07, 6.45) is 8.27. The van der Waals surface area contributed by atoms with Crippen molar-refractivity contribution in [3.8, 4) is 12.3 Å². The van der Waals surface area contributed by atoms with Crippen molar-refractivity contribution in [2.45, 2.75) is 32.2 Å². The minimum absolute atomic E-state index is 0.343. The molecule has 0 fully saturated rings. The average Bonchev–Trinajstić information content (AvgIpc) is 1.96. The summed E-state index contributed by atoms with van der Waals surface area (Å²) < 4.78 is 0. The van der Waals surface area contributed by atoms with Crippen LogP contribution >= 0.6 is 11.8 Å². The third kappa shape index (κ3) is 9.87. The first kappa shape index (κ1) is 10.9. The first-order chi connectivity index (χ1) is 5.27. The van der Waals surface area contributed by atoms with Gasteiger partial charge in [-0.2, -0.15) is 11.8 Å². The molecule has 0 heterocycles. The lowest BCUT2D eigenvalue weighted by atomic mass is 10.3. The van der Waals surface area contributed by atoms with Gasteiger partial charge < -0.3 is 5.73 Å². The smallest absolute Gasteiger partial charge is 0.00939 e. The molecule has 0 radical (unpaired) electrons. The fourth-order valence-electron chi connectivity index (χ4n) is 0.648. The summed E-state index contributed by atoms with van der Waals surface area (Å²) in [6.45, 7) is 2.04. The normalized spacial score (nSPS) is 12.5. The monoisotopic (exact) mass is 171 g/mol. The molecule has 2 heteroatoms. The van der Waals surface area contributed by atoms with Crippen molar-refractivity contribution in [3.63, 3.8) is 0 Å². The molecule has 64 valence electrons. The van der Waals surface area contributed by atoms with Crippen molar-refractivity contribution in [3.05, 3.63) is 0 Å². The van der Waals surface area contributed by atoms with Gasteiger partial charge in [-0.25, -0.2) is 0 Å². The van der Waals surface area contributed by atoms with Gasteiger partial charge in [0.15, 0.2) is 0 Å². The van der Waals surface area contributed by atoms with Crippen molar-refractivity contribution < 1.29 is 0 Å². The number of rotatable bonds is 6. The molecule has 0 saturated carbocycles. The first-order valence-corrected chi connectivity index (χ1v) is 5.19. The van der Waals surface area contributed by atoms with Gasteiger partial charge in [-0.05, 0) is 31.3 Å². The van der Waals surface area contributed by atoms with Crippen LogP contribution in [0.1, 0.15) is 26.2 Å². The molecule has 0 aliphatic carbocycles. The zero-order valence-corrected chi connectivity index (χ0v) is 7.99. The Balaban J connectivity index is 2.86. The molecule has 1 atom stereocenters. The van der Waals surface area contributed by atoms with Gasteiger partial charge in [0, 0.05) is 12.5 Å². The van der Waals surface area contributed by atoms with E-state index in [1.807, 2.05) is 18.7 Å². The largest absolute Gasteiger partial charge is 0.328 e. The van der Waals surface area contributed by atoms with Gasteiger partial charge in [0.2, 0.25) is 0 Å². The molecule has 0 aromatic carbocycles. The Bertz CT molecular complexity index is 115. The van der Waals surface area contributed by atoms with E-state index >= 15 is 0 Å². The van der Waals surface area contributed by atoms with Crippen LogP contribution < -0.4 is 5.73 Å². The Morgan fingerprint density at radius 2 is 2.27 bits per heavy atom. The predicted octanol–water partition coefficient (Wildman–Crippen LogP) is 1.87. The van der Waals surface area contributed by atoms with Crippen LogP contribution in [-0.2, 0) is 0 Å². The molecule has 0 aliphatic rings. The summed E-state index contributed by atoms with van der Waals surface area (Å²) in [5.41, 5.74) is 5.59. The average molecular weight is 171 g/mol. The molecule has 0 spiro atoms. The van der Waals surface area contributed by atoms with Crippen molar-refractivity contribution in [2.75, 3.05) is 11.5 Å². The molecule has 1 nitrogen and oxygen atoms in total. The molecule has 0 aromatic heterocycles. The standard InChI is InChI=1S/C9H17NS/c1-3-4-5-7-11-8-6-9(2)10/h1,9H,4-8,10H2,2H3. The van der Waals surface area contributed by atoms with Gasteiger partial charge in [-0.1, -0.05) is 0 Å². The maximum atomic E-state index is 5.59. The molecular formula is C9H17NS. The summed E-state index contributed by atoms with van der Waals surface area (Å²) >= 11 is 1.95. The van der Waals surface area contributed by atoms with E-state index in [1.54, 1.807) is 0 Å². The molecule has 0 saturated heterocycles. The van der Waals surface area contributed by atoms with E-state index in [0.29, 0.717) is 6.04 Å². The Morgan fingerprint density at radius 3 is 2.82 bits per heavy atom. The van der Waals surface area contributed by atoms with Gasteiger partial charge >= 0.3 is 0 Å². The lowest BCUT2D eigenvalue weighted by Gasteiger charge is -2.02. The Kier molecular flexibility index (Phi) is 7.88. The minimum Gasteiger partial charge on any atom is -0.328 e. The number of thioether (sulfide) groups is 1. The summed E-state index contributed by atoms with van der Waals surface area (Å²) in [7, 11) is 0. The van der Waals surface area contributed by atoms with Crippen LogP contribution in [0.4, 0.5) is 0 Å². The molecule has 0 aliphatic heterocycles. The second kappa shape index (κ2) is 7.97. The van der Waals surface area contributed by atoms with Crippen LogP contribution in [0.5, 0.6) is 0 Å². The minimum atomic E-state index is 0.343. The highest BCUT2D eigenvalue weighted by Crippen LogP contribution is 2.06. The van der Waals surface area contributed by atoms with Crippen molar-refractivity contribution in [1.82, 2.24) is 0 Å². The zero-order valence-electron chi connectivity index (χ0n) is 7.18. The molecule has 0 aromatic rings. The third-order valence-electron chi connectivity index (χ3n) is 1.33. The highest BCUT2D eigenvalue weighted by molar-refractivity contribution is 7.99. The van der Waals surface area contributed by atoms with Crippen molar-refractivity contribution in [2.24, 2.45) is 5.73 Å². The predicted molar refractivity (Wildman–Crippen MR) is 53.7 cm³/mol. The summed E-state index contributed by atoms with van der Waals surface area (Å²) in [6, 6.07) is 0.343. The molecule has 1 unspecified atom stereocenters. The van der Waals surface area contributed by atoms with E-state index < -0.39 is 0 Å². The lowest BCUT2D eigenvalue weighted by Crippen LogP contribution is -2.15. The van der Waals surface area contributed by atoms with Crippen LogP contribution in [0.2, 0.25) is 0 Å². The highest BCUT2D eigenvalue weighted by atomic mass is 32.2. The van der Waals surface area contributed by atoms with Gasteiger partial charge in [0.05, 0.1) is 0 Å². The Labute approximate surface area is 74.1 Å². The number of hydrogen-bond donors (Lipinski definition) is 1. The number of nitrogens with two attached hydrogens (primary N) is 1. The fraction of sp³-hybridized carbons (Fsp3) is 0.778. The molecule has 2 N–H and O–H groups in total. The topological polar surface area (TPSA) is 26.0 Å². The quantitative estimate of drug-likeness (QED) is 0.488. The molecule has 0 bridgehead atoms. The van der Waals surface area contributed by atoms with Crippen LogP contribution in [0, 0.1) is 12.3 Å². The maximum Gasteiger partial charge on any atom is 0.00939 e. The second-order valence-electron chi connectivity index (χ2n) is 2.69. The molecule has 11 heavy (non-hydrogen) atoms. The van der Waals surface area contributed by atoms with E-state index in [-0.39, 0.29) is 0 Å². The van der Waals surface area contributed by atoms with E-state index in [4.69, 9.17) is 12.2 Å². The maximum absolute atomic E-state index is 5.59. The van der Waals surface area contributed by atoms with E-state index in [9.17, 15) is 0 Å². The van der Waals surface area contributed by atoms with Crippen molar-refractivity contribution in [1.29, 1.82) is 0 Å². The SMILES string of the molecule is C#CCCCSCCC(C)N. The second-order valence-corrected chi connectivity index (χ2v) is 3.91. The van der Waals surface area contributed by atoms with Gasteiger partial charge in [-0.3, -0.25) is 0 Å². The van der Waals surface area contributed by atoms with Crippen LogP contribution in [-0.4, -0.2) is 17.5 Å². The Morgan fingerprint density at radius 1 is 1.55 bits per heavy atom. The van der Waals surface area contributed by atoms with Crippen molar-refractivity contribution >= 4 is 11.8 Å².